The number of ether oxygens (including phenoxy) is 1. The summed E-state index contributed by atoms with van der Waals surface area (Å²) in [6, 6.07) is 10.4. The van der Waals surface area contributed by atoms with Crippen molar-refractivity contribution in [3.05, 3.63) is 58.1 Å². The van der Waals surface area contributed by atoms with Crippen molar-refractivity contribution in [2.75, 3.05) is 17.1 Å². The molecule has 2 aromatic carbocycles. The molecule has 11 heteroatoms. The molecule has 0 spiro atoms. The van der Waals surface area contributed by atoms with E-state index in [1.165, 1.54) is 36.6 Å². The number of amides is 1. The normalized spacial score (nSPS) is 11.4. The van der Waals surface area contributed by atoms with Crippen molar-refractivity contribution >= 4 is 49.7 Å². The summed E-state index contributed by atoms with van der Waals surface area (Å²) in [5, 5.41) is 12.1. The third-order valence-corrected chi connectivity index (χ3v) is 7.69. The molecule has 0 saturated carbocycles. The molecule has 2 N–H and O–H groups in total. The fraction of sp³-hybridized carbons (Fsp3) is 0.286. The van der Waals surface area contributed by atoms with Gasteiger partial charge in [-0.25, -0.2) is 8.42 Å². The fourth-order valence-corrected chi connectivity index (χ4v) is 5.57. The second-order valence-corrected chi connectivity index (χ2v) is 9.96. The molecular weight excluding hydrogens is 472 g/mol. The maximum absolute atomic E-state index is 12.9. The standard InChI is InChI=1S/C21H23ClN4O4S2/c1-4-13(5-2)20-24-25-21(31-20)23-19(27)14-6-11-17(22)18(12-14)32(28,29)26-15-7-9-16(30-3)10-8-15/h6-13,26H,4-5H2,1-3H3,(H,23,25,27). The van der Waals surface area contributed by atoms with Crippen LogP contribution in [0.15, 0.2) is 47.4 Å². The SMILES string of the molecule is CCC(CC)c1nnc(NC(=O)c2ccc(Cl)c(S(=O)(=O)Nc3ccc(OC)cc3)c2)s1. The average Bonchev–Trinajstić information content (AvgIpc) is 3.23. The molecular formula is C21H23ClN4O4S2. The van der Waals surface area contributed by atoms with Crippen LogP contribution in [0.4, 0.5) is 10.8 Å². The van der Waals surface area contributed by atoms with E-state index in [4.69, 9.17) is 16.3 Å². The number of hydrogen-bond donors (Lipinski definition) is 2. The Labute approximate surface area is 196 Å². The molecule has 1 aromatic heterocycles. The van der Waals surface area contributed by atoms with Crippen molar-refractivity contribution in [3.63, 3.8) is 0 Å². The Morgan fingerprint density at radius 1 is 1.12 bits per heavy atom. The average molecular weight is 495 g/mol. The number of nitrogens with one attached hydrogen (secondary N) is 2. The van der Waals surface area contributed by atoms with E-state index >= 15 is 0 Å². The summed E-state index contributed by atoms with van der Waals surface area (Å²) in [5.74, 6) is 0.373. The third kappa shape index (κ3) is 5.56. The van der Waals surface area contributed by atoms with E-state index in [2.05, 4.69) is 34.1 Å². The van der Waals surface area contributed by atoms with Crippen LogP contribution in [-0.4, -0.2) is 31.6 Å². The van der Waals surface area contributed by atoms with Crippen LogP contribution in [0.1, 0.15) is 48.0 Å². The van der Waals surface area contributed by atoms with Gasteiger partial charge in [0, 0.05) is 17.2 Å². The number of anilines is 2. The van der Waals surface area contributed by atoms with E-state index in [0.29, 0.717) is 16.6 Å². The Hall–Kier alpha value is -2.69. The van der Waals surface area contributed by atoms with Crippen LogP contribution in [0.3, 0.4) is 0 Å². The lowest BCUT2D eigenvalue weighted by molar-refractivity contribution is 0.102. The van der Waals surface area contributed by atoms with Crippen LogP contribution in [0, 0.1) is 0 Å². The van der Waals surface area contributed by atoms with Crippen molar-refractivity contribution in [2.45, 2.75) is 37.5 Å². The van der Waals surface area contributed by atoms with E-state index < -0.39 is 15.9 Å². The highest BCUT2D eigenvalue weighted by atomic mass is 35.5. The summed E-state index contributed by atoms with van der Waals surface area (Å²) in [5.41, 5.74) is 0.461. The van der Waals surface area contributed by atoms with Gasteiger partial charge in [0.1, 0.15) is 15.7 Å². The van der Waals surface area contributed by atoms with Gasteiger partial charge in [-0.3, -0.25) is 14.8 Å². The highest BCUT2D eigenvalue weighted by Crippen LogP contribution is 2.29. The molecule has 170 valence electrons. The lowest BCUT2D eigenvalue weighted by atomic mass is 10.1. The zero-order chi connectivity index (χ0) is 23.3. The van der Waals surface area contributed by atoms with Gasteiger partial charge in [0.2, 0.25) is 5.13 Å². The Bertz CT molecular complexity index is 1190. The summed E-state index contributed by atoms with van der Waals surface area (Å²) in [6.45, 7) is 4.15. The molecule has 32 heavy (non-hydrogen) atoms. The molecule has 0 saturated heterocycles. The summed E-state index contributed by atoms with van der Waals surface area (Å²) in [7, 11) is -2.52. The Kier molecular flexibility index (Phi) is 7.70. The van der Waals surface area contributed by atoms with Gasteiger partial charge in [-0.2, -0.15) is 0 Å². The van der Waals surface area contributed by atoms with Gasteiger partial charge in [0.05, 0.1) is 12.1 Å². The lowest BCUT2D eigenvalue weighted by Crippen LogP contribution is -2.16. The van der Waals surface area contributed by atoms with Crippen LogP contribution in [0.2, 0.25) is 5.02 Å². The van der Waals surface area contributed by atoms with Crippen LogP contribution in [0.5, 0.6) is 5.75 Å². The number of hydrogen-bond acceptors (Lipinski definition) is 7. The second kappa shape index (κ2) is 10.3. The molecule has 3 aromatic rings. The third-order valence-electron chi connectivity index (χ3n) is 4.82. The number of carbonyl (C=O) groups is 1. The summed E-state index contributed by atoms with van der Waals surface area (Å²) in [4.78, 5) is 12.5. The zero-order valence-electron chi connectivity index (χ0n) is 17.8. The molecule has 0 unspecified atom stereocenters. The molecule has 3 rings (SSSR count). The molecule has 0 atom stereocenters. The van der Waals surface area contributed by atoms with Crippen molar-refractivity contribution in [1.82, 2.24) is 10.2 Å². The predicted octanol–water partition coefficient (Wildman–Crippen LogP) is 5.16. The van der Waals surface area contributed by atoms with Crippen LogP contribution in [0.25, 0.3) is 0 Å². The minimum Gasteiger partial charge on any atom is -0.497 e. The molecule has 0 radical (unpaired) electrons. The largest absolute Gasteiger partial charge is 0.497 e. The lowest BCUT2D eigenvalue weighted by Gasteiger charge is -2.11. The zero-order valence-corrected chi connectivity index (χ0v) is 20.1. The fourth-order valence-electron chi connectivity index (χ4n) is 2.98. The van der Waals surface area contributed by atoms with Gasteiger partial charge in [0.15, 0.2) is 0 Å². The summed E-state index contributed by atoms with van der Waals surface area (Å²) >= 11 is 7.45. The maximum Gasteiger partial charge on any atom is 0.263 e. The first-order valence-corrected chi connectivity index (χ1v) is 12.6. The molecule has 8 nitrogen and oxygen atoms in total. The highest BCUT2D eigenvalue weighted by molar-refractivity contribution is 7.92. The second-order valence-electron chi connectivity index (χ2n) is 6.89. The smallest absolute Gasteiger partial charge is 0.263 e. The number of halogens is 1. The molecule has 0 aliphatic heterocycles. The number of aromatic nitrogens is 2. The monoisotopic (exact) mass is 494 g/mol. The van der Waals surface area contributed by atoms with Gasteiger partial charge in [-0.05, 0) is 55.3 Å². The van der Waals surface area contributed by atoms with Crippen molar-refractivity contribution in [3.8, 4) is 5.75 Å². The van der Waals surface area contributed by atoms with Crippen LogP contribution < -0.4 is 14.8 Å². The highest BCUT2D eigenvalue weighted by Gasteiger charge is 2.21. The van der Waals surface area contributed by atoms with Crippen molar-refractivity contribution in [2.24, 2.45) is 0 Å². The van der Waals surface area contributed by atoms with Gasteiger partial charge < -0.3 is 4.74 Å². The number of benzene rings is 2. The van der Waals surface area contributed by atoms with Crippen molar-refractivity contribution in [1.29, 1.82) is 0 Å². The van der Waals surface area contributed by atoms with E-state index in [-0.39, 0.29) is 21.4 Å². The van der Waals surface area contributed by atoms with E-state index in [1.807, 2.05) is 0 Å². The van der Waals surface area contributed by atoms with Gasteiger partial charge in [-0.15, -0.1) is 10.2 Å². The molecule has 0 bridgehead atoms. The minimum atomic E-state index is -4.03. The molecule has 0 aliphatic rings. The van der Waals surface area contributed by atoms with E-state index in [1.54, 1.807) is 24.3 Å². The first-order valence-electron chi connectivity index (χ1n) is 9.88. The summed E-state index contributed by atoms with van der Waals surface area (Å²) in [6.07, 6.45) is 1.86. The first kappa shape index (κ1) is 24.0. The Morgan fingerprint density at radius 3 is 2.44 bits per heavy atom. The van der Waals surface area contributed by atoms with Crippen LogP contribution in [-0.2, 0) is 10.0 Å². The molecule has 0 aliphatic carbocycles. The molecule has 1 amide bonds. The number of rotatable bonds is 9. The predicted molar refractivity (Wildman–Crippen MR) is 126 cm³/mol. The van der Waals surface area contributed by atoms with Crippen molar-refractivity contribution < 1.29 is 17.9 Å². The minimum absolute atomic E-state index is 0.00510. The molecule has 1 heterocycles. The first-order chi connectivity index (χ1) is 15.3. The Balaban J connectivity index is 1.80. The van der Waals surface area contributed by atoms with E-state index in [9.17, 15) is 13.2 Å². The maximum atomic E-state index is 12.9. The number of methoxy groups -OCH3 is 1. The van der Waals surface area contributed by atoms with Gasteiger partial charge in [-0.1, -0.05) is 36.8 Å². The van der Waals surface area contributed by atoms with Gasteiger partial charge >= 0.3 is 0 Å². The number of carbonyl (C=O) groups excluding carboxylic acids is 1. The van der Waals surface area contributed by atoms with Crippen LogP contribution >= 0.6 is 22.9 Å². The van der Waals surface area contributed by atoms with E-state index in [0.717, 1.165) is 17.8 Å². The topological polar surface area (TPSA) is 110 Å². The number of sulfonamides is 1. The van der Waals surface area contributed by atoms with Gasteiger partial charge in [0.25, 0.3) is 15.9 Å². The summed E-state index contributed by atoms with van der Waals surface area (Å²) < 4.78 is 33.3. The number of nitrogens with zero attached hydrogens (tertiary/aromatic N) is 2. The Morgan fingerprint density at radius 2 is 1.81 bits per heavy atom. The molecule has 0 fully saturated rings. The quantitative estimate of drug-likeness (QED) is 0.425.